The van der Waals surface area contributed by atoms with E-state index in [1.807, 2.05) is 6.92 Å². The van der Waals surface area contributed by atoms with Crippen LogP contribution in [0.25, 0.3) is 0 Å². The lowest BCUT2D eigenvalue weighted by Gasteiger charge is -2.23. The first kappa shape index (κ1) is 12.5. The maximum Gasteiger partial charge on any atom is 0.224 e. The maximum absolute atomic E-state index is 11.8. The van der Waals surface area contributed by atoms with E-state index in [0.29, 0.717) is 6.61 Å². The summed E-state index contributed by atoms with van der Waals surface area (Å²) in [7, 11) is 1.68. The Hall–Kier alpha value is -0.610. The molecule has 15 heavy (non-hydrogen) atoms. The Balaban J connectivity index is 2.21. The highest BCUT2D eigenvalue weighted by Gasteiger charge is 2.21. The van der Waals surface area contributed by atoms with E-state index >= 15 is 0 Å². The molecule has 1 saturated heterocycles. The van der Waals surface area contributed by atoms with Crippen LogP contribution in [-0.4, -0.2) is 38.8 Å². The second-order valence-corrected chi connectivity index (χ2v) is 4.23. The highest BCUT2D eigenvalue weighted by Crippen LogP contribution is 2.10. The molecule has 1 rings (SSSR count). The Labute approximate surface area is 91.8 Å². The van der Waals surface area contributed by atoms with E-state index in [9.17, 15) is 4.79 Å². The van der Waals surface area contributed by atoms with Crippen LogP contribution in [0.5, 0.6) is 0 Å². The van der Waals surface area contributed by atoms with Gasteiger partial charge in [0.15, 0.2) is 0 Å². The van der Waals surface area contributed by atoms with Crippen molar-refractivity contribution in [3.05, 3.63) is 0 Å². The van der Waals surface area contributed by atoms with Crippen molar-refractivity contribution < 1.29 is 9.53 Å². The molecule has 2 atom stereocenters. The van der Waals surface area contributed by atoms with Gasteiger partial charge in [0.2, 0.25) is 5.91 Å². The molecule has 0 saturated carbocycles. The summed E-state index contributed by atoms with van der Waals surface area (Å²) in [6.07, 6.45) is 2.99. The van der Waals surface area contributed by atoms with E-state index in [4.69, 9.17) is 4.74 Å². The number of carbonyl (C=O) groups excluding carboxylic acids is 1. The summed E-state index contributed by atoms with van der Waals surface area (Å²) in [5.74, 6) is 0.342. The second-order valence-electron chi connectivity index (χ2n) is 4.23. The number of piperidine rings is 1. The molecule has 88 valence electrons. The highest BCUT2D eigenvalue weighted by atomic mass is 16.5. The molecule has 0 bridgehead atoms. The van der Waals surface area contributed by atoms with Gasteiger partial charge in [-0.2, -0.15) is 0 Å². The first-order chi connectivity index (χ1) is 7.24. The van der Waals surface area contributed by atoms with E-state index in [1.165, 1.54) is 0 Å². The van der Waals surface area contributed by atoms with Gasteiger partial charge in [-0.1, -0.05) is 0 Å². The van der Waals surface area contributed by atoms with Crippen molar-refractivity contribution in [2.75, 3.05) is 26.8 Å². The molecule has 0 radical (unpaired) electrons. The van der Waals surface area contributed by atoms with E-state index in [1.54, 1.807) is 7.11 Å². The predicted molar refractivity (Wildman–Crippen MR) is 59.7 cm³/mol. The summed E-state index contributed by atoms with van der Waals surface area (Å²) in [4.78, 5) is 11.8. The molecule has 2 N–H and O–H groups in total. The molecule has 4 nitrogen and oxygen atoms in total. The fourth-order valence-electron chi connectivity index (χ4n) is 1.80. The first-order valence-corrected chi connectivity index (χ1v) is 5.74. The van der Waals surface area contributed by atoms with Gasteiger partial charge < -0.3 is 15.4 Å². The number of hydrogen-bond donors (Lipinski definition) is 2. The number of methoxy groups -OCH3 is 1. The number of nitrogens with one attached hydrogen (secondary N) is 2. The van der Waals surface area contributed by atoms with Crippen LogP contribution < -0.4 is 10.6 Å². The first-order valence-electron chi connectivity index (χ1n) is 5.74. The molecule has 1 heterocycles. The third-order valence-corrected chi connectivity index (χ3v) is 2.81. The van der Waals surface area contributed by atoms with Crippen LogP contribution in [0.15, 0.2) is 0 Å². The molecule has 0 aromatic rings. The Morgan fingerprint density at radius 1 is 1.67 bits per heavy atom. The van der Waals surface area contributed by atoms with Crippen molar-refractivity contribution in [1.29, 1.82) is 0 Å². The molecule has 4 heteroatoms. The lowest BCUT2D eigenvalue weighted by molar-refractivity contribution is -0.126. The Morgan fingerprint density at radius 3 is 3.07 bits per heavy atom. The van der Waals surface area contributed by atoms with Crippen LogP contribution in [0.4, 0.5) is 0 Å². The van der Waals surface area contributed by atoms with Gasteiger partial charge in [-0.05, 0) is 32.7 Å². The zero-order valence-corrected chi connectivity index (χ0v) is 9.71. The number of rotatable bonds is 5. The predicted octanol–water partition coefficient (Wildman–Crippen LogP) is 0.527. The molecule has 1 fully saturated rings. The van der Waals surface area contributed by atoms with Crippen molar-refractivity contribution >= 4 is 5.91 Å². The topological polar surface area (TPSA) is 50.4 Å². The fraction of sp³-hybridized carbons (Fsp3) is 0.909. The quantitative estimate of drug-likeness (QED) is 0.702. The third-order valence-electron chi connectivity index (χ3n) is 2.81. The van der Waals surface area contributed by atoms with E-state index < -0.39 is 0 Å². The van der Waals surface area contributed by atoms with E-state index in [-0.39, 0.29) is 17.9 Å². The molecule has 0 aliphatic carbocycles. The summed E-state index contributed by atoms with van der Waals surface area (Å²) in [6, 6.07) is 0.208. The number of hydrogen-bond acceptors (Lipinski definition) is 3. The van der Waals surface area contributed by atoms with Gasteiger partial charge in [-0.15, -0.1) is 0 Å². The van der Waals surface area contributed by atoms with Gasteiger partial charge in [0.1, 0.15) is 0 Å². The van der Waals surface area contributed by atoms with Crippen LogP contribution in [-0.2, 0) is 9.53 Å². The number of carbonyl (C=O) groups is 1. The fourth-order valence-corrected chi connectivity index (χ4v) is 1.80. The highest BCUT2D eigenvalue weighted by molar-refractivity contribution is 5.79. The molecule has 1 aliphatic heterocycles. The van der Waals surface area contributed by atoms with Crippen LogP contribution in [0.1, 0.15) is 26.2 Å². The molecule has 1 amide bonds. The maximum atomic E-state index is 11.8. The lowest BCUT2D eigenvalue weighted by atomic mass is 9.98. The molecule has 0 spiro atoms. The SMILES string of the molecule is COCCC(C)NC(=O)C1CCCNC1. The molecule has 0 aromatic heterocycles. The van der Waals surface area contributed by atoms with Gasteiger partial charge in [-0.25, -0.2) is 0 Å². The molecule has 1 aliphatic rings. The van der Waals surface area contributed by atoms with Crippen molar-refractivity contribution in [1.82, 2.24) is 10.6 Å². The Morgan fingerprint density at radius 2 is 2.47 bits per heavy atom. The Kier molecular flexibility index (Phi) is 5.65. The van der Waals surface area contributed by atoms with Gasteiger partial charge in [0.25, 0.3) is 0 Å². The van der Waals surface area contributed by atoms with Crippen molar-refractivity contribution in [2.45, 2.75) is 32.2 Å². The smallest absolute Gasteiger partial charge is 0.224 e. The van der Waals surface area contributed by atoms with Crippen molar-refractivity contribution in [2.24, 2.45) is 5.92 Å². The Bertz CT molecular complexity index is 191. The van der Waals surface area contributed by atoms with Crippen LogP contribution in [0, 0.1) is 5.92 Å². The lowest BCUT2D eigenvalue weighted by Crippen LogP contribution is -2.43. The van der Waals surface area contributed by atoms with Gasteiger partial charge in [0.05, 0.1) is 5.92 Å². The number of amides is 1. The summed E-state index contributed by atoms with van der Waals surface area (Å²) in [5, 5.41) is 6.27. The number of ether oxygens (including phenoxy) is 1. The normalized spacial score (nSPS) is 23.5. The van der Waals surface area contributed by atoms with Crippen molar-refractivity contribution in [3.63, 3.8) is 0 Å². The van der Waals surface area contributed by atoms with Crippen LogP contribution >= 0.6 is 0 Å². The summed E-state index contributed by atoms with van der Waals surface area (Å²) in [6.45, 7) is 4.59. The minimum atomic E-state index is 0.156. The summed E-state index contributed by atoms with van der Waals surface area (Å²) in [5.41, 5.74) is 0. The summed E-state index contributed by atoms with van der Waals surface area (Å²) >= 11 is 0. The average molecular weight is 214 g/mol. The minimum absolute atomic E-state index is 0.156. The molecular weight excluding hydrogens is 192 g/mol. The second kappa shape index (κ2) is 6.80. The molecule has 2 unspecified atom stereocenters. The molecule has 0 aromatic carbocycles. The molecular formula is C11H22N2O2. The average Bonchev–Trinajstić information content (AvgIpc) is 2.27. The zero-order chi connectivity index (χ0) is 11.1. The minimum Gasteiger partial charge on any atom is -0.385 e. The largest absolute Gasteiger partial charge is 0.385 e. The van der Waals surface area contributed by atoms with Gasteiger partial charge >= 0.3 is 0 Å². The van der Waals surface area contributed by atoms with E-state index in [2.05, 4.69) is 10.6 Å². The van der Waals surface area contributed by atoms with E-state index in [0.717, 1.165) is 32.4 Å². The monoisotopic (exact) mass is 214 g/mol. The van der Waals surface area contributed by atoms with Crippen molar-refractivity contribution in [3.8, 4) is 0 Å². The summed E-state index contributed by atoms with van der Waals surface area (Å²) < 4.78 is 4.98. The zero-order valence-electron chi connectivity index (χ0n) is 9.71. The van der Waals surface area contributed by atoms with Gasteiger partial charge in [0, 0.05) is 26.3 Å². The standard InChI is InChI=1S/C11H22N2O2/c1-9(5-7-15-2)13-11(14)10-4-3-6-12-8-10/h9-10,12H,3-8H2,1-2H3,(H,13,14). The van der Waals surface area contributed by atoms with Crippen LogP contribution in [0.2, 0.25) is 0 Å². The third kappa shape index (κ3) is 4.62. The van der Waals surface area contributed by atoms with Crippen LogP contribution in [0.3, 0.4) is 0 Å². The van der Waals surface area contributed by atoms with Gasteiger partial charge in [-0.3, -0.25) is 4.79 Å².